The molecule has 0 aliphatic carbocycles. The van der Waals surface area contributed by atoms with Gasteiger partial charge in [-0.2, -0.15) is 0 Å². The van der Waals surface area contributed by atoms with Crippen molar-refractivity contribution >= 4 is 5.91 Å². The topological polar surface area (TPSA) is 41.6 Å². The molecule has 0 aromatic heterocycles. The lowest BCUT2D eigenvalue weighted by Crippen LogP contribution is -2.34. The number of ether oxygens (including phenoxy) is 1. The molecule has 140 valence electrons. The van der Waals surface area contributed by atoms with Crippen molar-refractivity contribution in [2.24, 2.45) is 0 Å². The lowest BCUT2D eigenvalue weighted by atomic mass is 10.1. The molecular weight excluding hydrogens is 331 g/mol. The summed E-state index contributed by atoms with van der Waals surface area (Å²) in [6.45, 7) is 2.93. The highest BCUT2D eigenvalue weighted by Crippen LogP contribution is 2.18. The third-order valence-corrected chi connectivity index (χ3v) is 4.25. The number of carbonyl (C=O) groups is 1. The van der Waals surface area contributed by atoms with Gasteiger partial charge < -0.3 is 15.0 Å². The maximum absolute atomic E-state index is 13.4. The van der Waals surface area contributed by atoms with Crippen LogP contribution in [0, 0.1) is 12.7 Å². The molecule has 2 aromatic rings. The van der Waals surface area contributed by atoms with E-state index in [1.54, 1.807) is 6.07 Å². The highest BCUT2D eigenvalue weighted by Gasteiger charge is 2.15. The molecule has 1 unspecified atom stereocenters. The minimum Gasteiger partial charge on any atom is -0.493 e. The predicted molar refractivity (Wildman–Crippen MR) is 102 cm³/mol. The van der Waals surface area contributed by atoms with E-state index in [0.717, 1.165) is 16.9 Å². The number of hydrogen-bond acceptors (Lipinski definition) is 3. The molecule has 0 saturated carbocycles. The number of aryl methyl sites for hydroxylation is 1. The number of halogens is 1. The van der Waals surface area contributed by atoms with Gasteiger partial charge in [0.15, 0.2) is 0 Å². The van der Waals surface area contributed by atoms with E-state index in [2.05, 4.69) is 5.32 Å². The van der Waals surface area contributed by atoms with Crippen LogP contribution in [-0.2, 0) is 4.79 Å². The number of nitrogens with one attached hydrogen (secondary N) is 1. The number of hydrogen-bond donors (Lipinski definition) is 1. The van der Waals surface area contributed by atoms with Crippen LogP contribution in [0.5, 0.6) is 5.75 Å². The number of likely N-dealkylation sites (N-methyl/N-ethyl adjacent to an activating group) is 1. The molecule has 5 heteroatoms. The summed E-state index contributed by atoms with van der Waals surface area (Å²) in [7, 11) is 3.83. The van der Waals surface area contributed by atoms with Crippen LogP contribution in [0.15, 0.2) is 48.5 Å². The largest absolute Gasteiger partial charge is 0.493 e. The second kappa shape index (κ2) is 9.92. The van der Waals surface area contributed by atoms with E-state index >= 15 is 0 Å². The van der Waals surface area contributed by atoms with Gasteiger partial charge in [-0.25, -0.2) is 4.39 Å². The number of para-hydroxylation sites is 1. The van der Waals surface area contributed by atoms with Crippen LogP contribution in [0.3, 0.4) is 0 Å². The number of nitrogens with zero attached hydrogens (tertiary/aromatic N) is 1. The summed E-state index contributed by atoms with van der Waals surface area (Å²) in [6, 6.07) is 14.2. The van der Waals surface area contributed by atoms with Gasteiger partial charge in [-0.3, -0.25) is 4.79 Å². The van der Waals surface area contributed by atoms with Crippen LogP contribution >= 0.6 is 0 Å². The van der Waals surface area contributed by atoms with Crippen molar-refractivity contribution in [1.82, 2.24) is 10.2 Å². The number of rotatable bonds is 9. The molecule has 2 aromatic carbocycles. The predicted octanol–water partition coefficient (Wildman–Crippen LogP) is 3.71. The average Bonchev–Trinajstić information content (AvgIpc) is 2.60. The fourth-order valence-corrected chi connectivity index (χ4v) is 2.74. The Morgan fingerprint density at radius 3 is 2.65 bits per heavy atom. The molecule has 0 fully saturated rings. The van der Waals surface area contributed by atoms with Gasteiger partial charge in [0.25, 0.3) is 0 Å². The summed E-state index contributed by atoms with van der Waals surface area (Å²) in [5, 5.41) is 2.93. The average molecular weight is 358 g/mol. The summed E-state index contributed by atoms with van der Waals surface area (Å²) >= 11 is 0. The SMILES string of the molecule is Cc1ccccc1OCCCC(=O)NCC(c1cccc(F)c1)N(C)C. The van der Waals surface area contributed by atoms with Gasteiger partial charge in [-0.1, -0.05) is 30.3 Å². The van der Waals surface area contributed by atoms with Crippen molar-refractivity contribution in [3.63, 3.8) is 0 Å². The zero-order chi connectivity index (χ0) is 18.9. The second-order valence-electron chi connectivity index (χ2n) is 6.56. The fourth-order valence-electron chi connectivity index (χ4n) is 2.74. The first-order chi connectivity index (χ1) is 12.5. The molecular formula is C21H27FN2O2. The summed E-state index contributed by atoms with van der Waals surface area (Å²) in [5.41, 5.74) is 1.93. The third-order valence-electron chi connectivity index (χ3n) is 4.25. The van der Waals surface area contributed by atoms with E-state index in [0.29, 0.717) is 26.0 Å². The number of carbonyl (C=O) groups excluding carboxylic acids is 1. The van der Waals surface area contributed by atoms with Gasteiger partial charge >= 0.3 is 0 Å². The number of amides is 1. The molecule has 0 spiro atoms. The molecule has 26 heavy (non-hydrogen) atoms. The molecule has 0 aliphatic heterocycles. The molecule has 0 bridgehead atoms. The molecule has 2 rings (SSSR count). The molecule has 0 saturated heterocycles. The Bertz CT molecular complexity index is 719. The summed E-state index contributed by atoms with van der Waals surface area (Å²) in [6.07, 6.45) is 1.04. The summed E-state index contributed by atoms with van der Waals surface area (Å²) in [4.78, 5) is 14.1. The Hall–Kier alpha value is -2.40. The Morgan fingerprint density at radius 1 is 1.19 bits per heavy atom. The van der Waals surface area contributed by atoms with E-state index in [9.17, 15) is 9.18 Å². The van der Waals surface area contributed by atoms with Crippen molar-refractivity contribution in [3.8, 4) is 5.75 Å². The van der Waals surface area contributed by atoms with Gasteiger partial charge in [0.2, 0.25) is 5.91 Å². The maximum Gasteiger partial charge on any atom is 0.220 e. The summed E-state index contributed by atoms with van der Waals surface area (Å²) in [5.74, 6) is 0.558. The molecule has 0 heterocycles. The van der Waals surface area contributed by atoms with Gasteiger partial charge in [0.05, 0.1) is 12.6 Å². The molecule has 0 radical (unpaired) electrons. The Morgan fingerprint density at radius 2 is 1.96 bits per heavy atom. The zero-order valence-electron chi connectivity index (χ0n) is 15.7. The van der Waals surface area contributed by atoms with Crippen LogP contribution in [0.2, 0.25) is 0 Å². The Labute approximate surface area is 155 Å². The molecule has 1 N–H and O–H groups in total. The van der Waals surface area contributed by atoms with Crippen LogP contribution in [0.4, 0.5) is 4.39 Å². The monoisotopic (exact) mass is 358 g/mol. The first kappa shape index (κ1) is 19.9. The molecule has 1 amide bonds. The maximum atomic E-state index is 13.4. The molecule has 1 atom stereocenters. The van der Waals surface area contributed by atoms with Gasteiger partial charge in [0.1, 0.15) is 11.6 Å². The van der Waals surface area contributed by atoms with Gasteiger partial charge in [-0.05, 0) is 56.8 Å². The summed E-state index contributed by atoms with van der Waals surface area (Å²) < 4.78 is 19.1. The van der Waals surface area contributed by atoms with Crippen molar-refractivity contribution in [1.29, 1.82) is 0 Å². The van der Waals surface area contributed by atoms with E-state index in [4.69, 9.17) is 4.74 Å². The quantitative estimate of drug-likeness (QED) is 0.695. The highest BCUT2D eigenvalue weighted by atomic mass is 19.1. The molecule has 0 aliphatic rings. The Kier molecular flexibility index (Phi) is 7.60. The fraction of sp³-hybridized carbons (Fsp3) is 0.381. The normalized spacial score (nSPS) is 12.0. The van der Waals surface area contributed by atoms with Crippen molar-refractivity contribution < 1.29 is 13.9 Å². The van der Waals surface area contributed by atoms with E-state index in [-0.39, 0.29) is 17.8 Å². The first-order valence-electron chi connectivity index (χ1n) is 8.84. The van der Waals surface area contributed by atoms with Gasteiger partial charge in [0, 0.05) is 13.0 Å². The van der Waals surface area contributed by atoms with E-state index in [1.165, 1.54) is 12.1 Å². The minimum absolute atomic E-state index is 0.0263. The van der Waals surface area contributed by atoms with Gasteiger partial charge in [-0.15, -0.1) is 0 Å². The van der Waals surface area contributed by atoms with Crippen LogP contribution in [0.25, 0.3) is 0 Å². The van der Waals surface area contributed by atoms with E-state index < -0.39 is 0 Å². The lowest BCUT2D eigenvalue weighted by Gasteiger charge is -2.25. The zero-order valence-corrected chi connectivity index (χ0v) is 15.7. The first-order valence-corrected chi connectivity index (χ1v) is 8.84. The van der Waals surface area contributed by atoms with Crippen molar-refractivity contribution in [2.45, 2.75) is 25.8 Å². The lowest BCUT2D eigenvalue weighted by molar-refractivity contribution is -0.121. The number of benzene rings is 2. The molecule has 4 nitrogen and oxygen atoms in total. The van der Waals surface area contributed by atoms with Crippen LogP contribution < -0.4 is 10.1 Å². The third kappa shape index (κ3) is 6.15. The Balaban J connectivity index is 1.75. The van der Waals surface area contributed by atoms with Crippen molar-refractivity contribution in [2.75, 3.05) is 27.2 Å². The van der Waals surface area contributed by atoms with Crippen LogP contribution in [-0.4, -0.2) is 38.1 Å². The minimum atomic E-state index is -0.269. The highest BCUT2D eigenvalue weighted by molar-refractivity contribution is 5.75. The van der Waals surface area contributed by atoms with E-state index in [1.807, 2.05) is 56.3 Å². The standard InChI is InChI=1S/C21H27FN2O2/c1-16-8-4-5-11-20(16)26-13-7-12-21(25)23-15-19(24(2)3)17-9-6-10-18(22)14-17/h4-6,8-11,14,19H,7,12-13,15H2,1-3H3,(H,23,25). The van der Waals surface area contributed by atoms with Crippen molar-refractivity contribution in [3.05, 3.63) is 65.5 Å². The second-order valence-corrected chi connectivity index (χ2v) is 6.56. The smallest absolute Gasteiger partial charge is 0.220 e. The van der Waals surface area contributed by atoms with Crippen LogP contribution in [0.1, 0.15) is 30.0 Å².